The van der Waals surface area contributed by atoms with E-state index in [4.69, 9.17) is 14.2 Å². The second-order valence-electron chi connectivity index (χ2n) is 15.5. The molecular weight excluding hydrogens is 624 g/mol. The zero-order chi connectivity index (χ0) is 36.8. The van der Waals surface area contributed by atoms with Gasteiger partial charge in [-0.05, 0) is 25.2 Å². The summed E-state index contributed by atoms with van der Waals surface area (Å²) in [5.41, 5.74) is 0. The molecule has 0 saturated heterocycles. The van der Waals surface area contributed by atoms with Gasteiger partial charge in [0, 0.05) is 19.3 Å². The number of carbonyl (C=O) groups excluding carboxylic acids is 3. The van der Waals surface area contributed by atoms with E-state index in [2.05, 4.69) is 27.7 Å². The Morgan fingerprint density at radius 2 is 0.660 bits per heavy atom. The summed E-state index contributed by atoms with van der Waals surface area (Å²) in [4.78, 5) is 37.6. The normalized spacial score (nSPS) is 11.9. The number of unbranched alkanes of at least 4 members (excludes halogenated alkanes) is 26. The Balaban J connectivity index is 4.32. The number of carbonyl (C=O) groups is 3. The van der Waals surface area contributed by atoms with Gasteiger partial charge in [0.25, 0.3) is 0 Å². The van der Waals surface area contributed by atoms with Crippen LogP contribution in [-0.4, -0.2) is 37.2 Å². The number of esters is 3. The minimum Gasteiger partial charge on any atom is -0.462 e. The van der Waals surface area contributed by atoms with Crippen LogP contribution in [0.3, 0.4) is 0 Å². The molecule has 0 aliphatic carbocycles. The second kappa shape index (κ2) is 38.6. The molecule has 0 aromatic rings. The van der Waals surface area contributed by atoms with Gasteiger partial charge in [-0.15, -0.1) is 0 Å². The highest BCUT2D eigenvalue weighted by atomic mass is 16.6. The fraction of sp³-hybridized carbons (Fsp3) is 0.932. The van der Waals surface area contributed by atoms with Gasteiger partial charge in [-0.2, -0.15) is 0 Å². The summed E-state index contributed by atoms with van der Waals surface area (Å²) >= 11 is 0. The summed E-state index contributed by atoms with van der Waals surface area (Å²) in [6, 6.07) is 0. The lowest BCUT2D eigenvalue weighted by atomic mass is 10.0. The minimum atomic E-state index is -0.758. The summed E-state index contributed by atoms with van der Waals surface area (Å²) in [6.45, 7) is 8.94. The molecule has 6 nitrogen and oxygen atoms in total. The van der Waals surface area contributed by atoms with Gasteiger partial charge in [-0.25, -0.2) is 0 Å². The van der Waals surface area contributed by atoms with Crippen LogP contribution in [0.2, 0.25) is 0 Å². The molecule has 0 rings (SSSR count). The van der Waals surface area contributed by atoms with Gasteiger partial charge in [0.1, 0.15) is 13.2 Å². The zero-order valence-corrected chi connectivity index (χ0v) is 33.9. The molecule has 0 saturated carbocycles. The smallest absolute Gasteiger partial charge is 0.306 e. The van der Waals surface area contributed by atoms with Gasteiger partial charge >= 0.3 is 17.9 Å². The summed E-state index contributed by atoms with van der Waals surface area (Å²) in [7, 11) is 0. The van der Waals surface area contributed by atoms with Crippen LogP contribution in [0.15, 0.2) is 0 Å². The molecule has 0 N–H and O–H groups in total. The maximum absolute atomic E-state index is 12.6. The van der Waals surface area contributed by atoms with E-state index >= 15 is 0 Å². The summed E-state index contributed by atoms with van der Waals surface area (Å²) in [5, 5.41) is 0. The zero-order valence-electron chi connectivity index (χ0n) is 33.9. The maximum atomic E-state index is 12.6. The van der Waals surface area contributed by atoms with Crippen LogP contribution in [0.4, 0.5) is 0 Å². The Labute approximate surface area is 310 Å². The average molecular weight is 709 g/mol. The second-order valence-corrected chi connectivity index (χ2v) is 15.5. The summed E-state index contributed by atoms with van der Waals surface area (Å²) < 4.78 is 16.7. The van der Waals surface area contributed by atoms with Crippen molar-refractivity contribution in [1.29, 1.82) is 0 Å². The quantitative estimate of drug-likeness (QED) is 0.0359. The predicted octanol–water partition coefficient (Wildman–Crippen LogP) is 13.6. The Hall–Kier alpha value is -1.59. The van der Waals surface area contributed by atoms with Crippen LogP contribution in [-0.2, 0) is 28.6 Å². The van der Waals surface area contributed by atoms with Crippen molar-refractivity contribution in [1.82, 2.24) is 0 Å². The Morgan fingerprint density at radius 3 is 0.980 bits per heavy atom. The number of hydrogen-bond donors (Lipinski definition) is 0. The summed E-state index contributed by atoms with van der Waals surface area (Å²) in [6.07, 6.45) is 36.6. The number of hydrogen-bond acceptors (Lipinski definition) is 6. The molecule has 50 heavy (non-hydrogen) atoms. The van der Waals surface area contributed by atoms with Crippen molar-refractivity contribution in [3.05, 3.63) is 0 Å². The first-order valence-electron chi connectivity index (χ1n) is 21.9. The molecule has 6 heteroatoms. The average Bonchev–Trinajstić information content (AvgIpc) is 3.09. The molecule has 0 aromatic heterocycles. The van der Waals surface area contributed by atoms with Gasteiger partial charge in [0.15, 0.2) is 6.10 Å². The Kier molecular flexibility index (Phi) is 37.4. The number of ether oxygens (including phenoxy) is 3. The first-order chi connectivity index (χ1) is 24.4. The van der Waals surface area contributed by atoms with Crippen molar-refractivity contribution in [3.63, 3.8) is 0 Å². The first-order valence-corrected chi connectivity index (χ1v) is 21.9. The third-order valence-electron chi connectivity index (χ3n) is 9.79. The van der Waals surface area contributed by atoms with Crippen molar-refractivity contribution in [2.45, 2.75) is 246 Å². The molecule has 0 fully saturated rings. The highest BCUT2D eigenvalue weighted by Crippen LogP contribution is 2.16. The van der Waals surface area contributed by atoms with Crippen LogP contribution >= 0.6 is 0 Å². The van der Waals surface area contributed by atoms with E-state index < -0.39 is 6.10 Å². The molecular formula is C44H84O6. The van der Waals surface area contributed by atoms with E-state index in [1.807, 2.05) is 0 Å². The molecule has 0 aliphatic heterocycles. The molecule has 0 heterocycles. The van der Waals surface area contributed by atoms with Crippen molar-refractivity contribution < 1.29 is 28.6 Å². The maximum Gasteiger partial charge on any atom is 0.306 e. The Morgan fingerprint density at radius 1 is 0.380 bits per heavy atom. The van der Waals surface area contributed by atoms with Gasteiger partial charge in [0.2, 0.25) is 0 Å². The monoisotopic (exact) mass is 709 g/mol. The predicted molar refractivity (Wildman–Crippen MR) is 210 cm³/mol. The Bertz CT molecular complexity index is 751. The highest BCUT2D eigenvalue weighted by molar-refractivity contribution is 5.71. The lowest BCUT2D eigenvalue weighted by molar-refractivity contribution is -0.167. The summed E-state index contributed by atoms with van der Waals surface area (Å²) in [5.74, 6) is -0.0519. The largest absolute Gasteiger partial charge is 0.462 e. The molecule has 296 valence electrons. The topological polar surface area (TPSA) is 78.9 Å². The van der Waals surface area contributed by atoms with Gasteiger partial charge in [-0.3, -0.25) is 14.4 Å². The van der Waals surface area contributed by atoms with Crippen molar-refractivity contribution in [2.75, 3.05) is 13.2 Å². The first kappa shape index (κ1) is 48.4. The highest BCUT2D eigenvalue weighted by Gasteiger charge is 2.19. The molecule has 0 radical (unpaired) electrons. The molecule has 0 amide bonds. The SMILES string of the molecule is CCCCCCCCCCCCCC(=O)OC[C@H](COC(=O)CCCCCCCCCCCC(C)C)OC(=O)CCCCCCCCCCC. The van der Waals surface area contributed by atoms with Gasteiger partial charge < -0.3 is 14.2 Å². The van der Waals surface area contributed by atoms with Gasteiger partial charge in [-0.1, -0.05) is 201 Å². The van der Waals surface area contributed by atoms with Crippen LogP contribution in [0.1, 0.15) is 240 Å². The van der Waals surface area contributed by atoms with E-state index in [1.165, 1.54) is 135 Å². The van der Waals surface area contributed by atoms with E-state index in [0.29, 0.717) is 19.3 Å². The molecule has 0 aliphatic rings. The van der Waals surface area contributed by atoms with Crippen LogP contribution in [0, 0.1) is 5.92 Å². The fourth-order valence-corrected chi connectivity index (χ4v) is 6.45. The van der Waals surface area contributed by atoms with Crippen molar-refractivity contribution >= 4 is 17.9 Å². The molecule has 0 unspecified atom stereocenters. The lowest BCUT2D eigenvalue weighted by Crippen LogP contribution is -2.30. The van der Waals surface area contributed by atoms with Crippen molar-refractivity contribution in [3.8, 4) is 0 Å². The number of rotatable bonds is 39. The third kappa shape index (κ3) is 37.7. The lowest BCUT2D eigenvalue weighted by Gasteiger charge is -2.18. The molecule has 0 aromatic carbocycles. The minimum absolute atomic E-state index is 0.0644. The molecule has 0 bridgehead atoms. The van der Waals surface area contributed by atoms with Crippen LogP contribution in [0.25, 0.3) is 0 Å². The van der Waals surface area contributed by atoms with E-state index in [9.17, 15) is 14.4 Å². The molecule has 1 atom stereocenters. The van der Waals surface area contributed by atoms with Crippen molar-refractivity contribution in [2.24, 2.45) is 5.92 Å². The van der Waals surface area contributed by atoms with Crippen LogP contribution < -0.4 is 0 Å². The van der Waals surface area contributed by atoms with Gasteiger partial charge in [0.05, 0.1) is 0 Å². The van der Waals surface area contributed by atoms with Crippen LogP contribution in [0.5, 0.6) is 0 Å². The fourth-order valence-electron chi connectivity index (χ4n) is 6.45. The van der Waals surface area contributed by atoms with E-state index in [1.54, 1.807) is 0 Å². The van der Waals surface area contributed by atoms with E-state index in [-0.39, 0.29) is 31.1 Å². The molecule has 0 spiro atoms. The van der Waals surface area contributed by atoms with E-state index in [0.717, 1.165) is 63.7 Å². The standard InChI is InChI=1S/C44H84O6/c1-5-7-9-11-13-15-16-20-23-27-31-35-42(45)48-38-41(50-44(47)37-33-29-25-18-14-12-10-8-6-2)39-49-43(46)36-32-28-24-21-17-19-22-26-30-34-40(3)4/h40-41H,5-39H2,1-4H3/t41-/m1/s1. The third-order valence-corrected chi connectivity index (χ3v) is 9.79.